The number of nitrogens with zero attached hydrogens (tertiary/aromatic N) is 2. The number of hydrogen-bond donors (Lipinski definition) is 1. The molecule has 2 aromatic rings. The highest BCUT2D eigenvalue weighted by Gasteiger charge is 2.46. The molecule has 1 unspecified atom stereocenters. The molecule has 40 heavy (non-hydrogen) atoms. The summed E-state index contributed by atoms with van der Waals surface area (Å²) in [6, 6.07) is 11.4. The molecule has 214 valence electrons. The Morgan fingerprint density at radius 1 is 1.07 bits per heavy atom. The van der Waals surface area contributed by atoms with Crippen LogP contribution in [0.5, 0.6) is 17.2 Å². The number of ketones is 1. The number of amides is 1. The second-order valence-electron chi connectivity index (χ2n) is 9.68. The number of ether oxygens (including phenoxy) is 4. The van der Waals surface area contributed by atoms with Crippen LogP contribution in [0.15, 0.2) is 60.7 Å². The number of benzene rings is 2. The molecule has 0 aliphatic carbocycles. The van der Waals surface area contributed by atoms with Gasteiger partial charge in [0.05, 0.1) is 38.5 Å². The molecule has 2 aliphatic heterocycles. The third-order valence-corrected chi connectivity index (χ3v) is 6.98. The maximum atomic E-state index is 13.4. The Morgan fingerprint density at radius 2 is 1.82 bits per heavy atom. The Labute approximate surface area is 235 Å². The smallest absolute Gasteiger partial charge is 0.295 e. The Morgan fingerprint density at radius 3 is 2.50 bits per heavy atom. The molecule has 1 atom stereocenters. The number of aliphatic hydroxyl groups is 1. The summed E-state index contributed by atoms with van der Waals surface area (Å²) in [7, 11) is 1.53. The predicted octanol–water partition coefficient (Wildman–Crippen LogP) is 4.19. The van der Waals surface area contributed by atoms with Crippen LogP contribution in [0.4, 0.5) is 0 Å². The Balaban J connectivity index is 1.69. The lowest BCUT2D eigenvalue weighted by atomic mass is 9.95. The first-order valence-electron chi connectivity index (χ1n) is 13.7. The van der Waals surface area contributed by atoms with E-state index in [9.17, 15) is 14.7 Å². The van der Waals surface area contributed by atoms with Crippen molar-refractivity contribution in [1.29, 1.82) is 0 Å². The molecule has 2 aromatic carbocycles. The molecule has 9 nitrogen and oxygen atoms in total. The summed E-state index contributed by atoms with van der Waals surface area (Å²) in [6.07, 6.45) is 3.18. The molecular weight excluding hydrogens is 512 g/mol. The maximum absolute atomic E-state index is 13.4. The Hall–Kier alpha value is -3.82. The van der Waals surface area contributed by atoms with E-state index in [0.29, 0.717) is 67.8 Å². The normalized spacial score (nSPS) is 19.1. The number of methoxy groups -OCH3 is 1. The van der Waals surface area contributed by atoms with E-state index in [1.54, 1.807) is 53.4 Å². The first kappa shape index (κ1) is 29.2. The van der Waals surface area contributed by atoms with Crippen LogP contribution < -0.4 is 14.2 Å². The summed E-state index contributed by atoms with van der Waals surface area (Å²) in [5.74, 6) is 0.0488. The van der Waals surface area contributed by atoms with Gasteiger partial charge >= 0.3 is 0 Å². The molecule has 1 amide bonds. The van der Waals surface area contributed by atoms with Crippen LogP contribution in [0.2, 0.25) is 0 Å². The van der Waals surface area contributed by atoms with Crippen LogP contribution in [-0.4, -0.2) is 86.3 Å². The van der Waals surface area contributed by atoms with Crippen molar-refractivity contribution < 1.29 is 33.6 Å². The largest absolute Gasteiger partial charge is 0.507 e. The minimum atomic E-state index is -0.789. The number of carbonyl (C=O) groups is 2. The summed E-state index contributed by atoms with van der Waals surface area (Å²) in [4.78, 5) is 30.6. The average molecular weight is 551 g/mol. The number of carbonyl (C=O) groups excluding carboxylic acids is 2. The highest BCUT2D eigenvalue weighted by atomic mass is 16.5. The van der Waals surface area contributed by atoms with Gasteiger partial charge in [0.25, 0.3) is 11.7 Å². The van der Waals surface area contributed by atoms with Crippen LogP contribution in [-0.2, 0) is 14.3 Å². The van der Waals surface area contributed by atoms with Crippen molar-refractivity contribution in [2.45, 2.75) is 25.8 Å². The highest BCUT2D eigenvalue weighted by molar-refractivity contribution is 6.46. The van der Waals surface area contributed by atoms with E-state index in [1.165, 1.54) is 7.11 Å². The number of likely N-dealkylation sites (tertiary alicyclic amines) is 1. The number of morpholine rings is 1. The fourth-order valence-electron chi connectivity index (χ4n) is 4.95. The number of rotatable bonds is 13. The zero-order valence-electron chi connectivity index (χ0n) is 23.3. The molecule has 2 fully saturated rings. The second kappa shape index (κ2) is 14.0. The van der Waals surface area contributed by atoms with Crippen LogP contribution in [0.3, 0.4) is 0 Å². The lowest BCUT2D eigenvalue weighted by Crippen LogP contribution is -2.39. The van der Waals surface area contributed by atoms with Crippen LogP contribution in [0, 0.1) is 0 Å². The molecule has 0 bridgehead atoms. The quantitative estimate of drug-likeness (QED) is 0.172. The number of hydrogen-bond acceptors (Lipinski definition) is 8. The van der Waals surface area contributed by atoms with Gasteiger partial charge < -0.3 is 29.0 Å². The summed E-state index contributed by atoms with van der Waals surface area (Å²) in [6.45, 7) is 10.8. The molecule has 9 heteroatoms. The summed E-state index contributed by atoms with van der Waals surface area (Å²) < 4.78 is 22.3. The van der Waals surface area contributed by atoms with E-state index >= 15 is 0 Å². The SMILES string of the molecule is C=CCOc1ccc(C2C(=C(O)c3ccc(OCCC)cc3)C(=O)C(=O)N2CCCN2CCOCC2)cc1OC. The molecule has 1 N–H and O–H groups in total. The second-order valence-corrected chi connectivity index (χ2v) is 9.68. The minimum absolute atomic E-state index is 0.0420. The molecular formula is C31H38N2O7. The van der Waals surface area contributed by atoms with Crippen molar-refractivity contribution >= 4 is 17.4 Å². The van der Waals surface area contributed by atoms with Crippen molar-refractivity contribution in [3.63, 3.8) is 0 Å². The van der Waals surface area contributed by atoms with Crippen LogP contribution >= 0.6 is 0 Å². The molecule has 2 aliphatic rings. The van der Waals surface area contributed by atoms with Crippen molar-refractivity contribution in [2.24, 2.45) is 0 Å². The maximum Gasteiger partial charge on any atom is 0.295 e. The number of Topliss-reactive ketones (excluding diaryl/α,β-unsaturated/α-hetero) is 1. The van der Waals surface area contributed by atoms with Crippen LogP contribution in [0.1, 0.15) is 36.9 Å². The van der Waals surface area contributed by atoms with Gasteiger partial charge in [0, 0.05) is 31.7 Å². The zero-order valence-corrected chi connectivity index (χ0v) is 23.3. The van der Waals surface area contributed by atoms with E-state index in [-0.39, 0.29) is 11.3 Å². The van der Waals surface area contributed by atoms with Crippen LogP contribution in [0.25, 0.3) is 5.76 Å². The average Bonchev–Trinajstić information content (AvgIpc) is 3.24. The third-order valence-electron chi connectivity index (χ3n) is 6.98. The van der Waals surface area contributed by atoms with Gasteiger partial charge in [-0.05, 0) is 54.8 Å². The monoisotopic (exact) mass is 550 g/mol. The lowest BCUT2D eigenvalue weighted by Gasteiger charge is -2.29. The third kappa shape index (κ3) is 6.66. The number of aliphatic hydroxyl groups excluding tert-OH is 1. The van der Waals surface area contributed by atoms with Gasteiger partial charge in [0.2, 0.25) is 0 Å². The van der Waals surface area contributed by atoms with Gasteiger partial charge in [-0.1, -0.05) is 25.6 Å². The molecule has 0 spiro atoms. The molecule has 0 aromatic heterocycles. The lowest BCUT2D eigenvalue weighted by molar-refractivity contribution is -0.140. The predicted molar refractivity (Wildman–Crippen MR) is 152 cm³/mol. The molecule has 4 rings (SSSR count). The van der Waals surface area contributed by atoms with Crippen molar-refractivity contribution in [2.75, 3.05) is 59.7 Å². The Kier molecular flexibility index (Phi) is 10.2. The summed E-state index contributed by atoms with van der Waals surface area (Å²) in [5, 5.41) is 11.4. The van der Waals surface area contributed by atoms with Gasteiger partial charge in [-0.3, -0.25) is 14.5 Å². The van der Waals surface area contributed by atoms with E-state index in [0.717, 1.165) is 26.1 Å². The Bertz CT molecular complexity index is 1220. The van der Waals surface area contributed by atoms with Crippen molar-refractivity contribution in [1.82, 2.24) is 9.80 Å². The molecule has 0 saturated carbocycles. The van der Waals surface area contributed by atoms with Crippen molar-refractivity contribution in [3.05, 3.63) is 71.8 Å². The summed E-state index contributed by atoms with van der Waals surface area (Å²) in [5.41, 5.74) is 1.11. The molecule has 2 heterocycles. The van der Waals surface area contributed by atoms with Gasteiger partial charge in [-0.2, -0.15) is 0 Å². The minimum Gasteiger partial charge on any atom is -0.507 e. The highest BCUT2D eigenvalue weighted by Crippen LogP contribution is 2.42. The fraction of sp³-hybridized carbons (Fsp3) is 0.419. The first-order valence-corrected chi connectivity index (χ1v) is 13.7. The fourth-order valence-corrected chi connectivity index (χ4v) is 4.95. The van der Waals surface area contributed by atoms with Gasteiger partial charge in [-0.15, -0.1) is 0 Å². The van der Waals surface area contributed by atoms with Crippen molar-refractivity contribution in [3.8, 4) is 17.2 Å². The zero-order chi connectivity index (χ0) is 28.5. The van der Waals surface area contributed by atoms with Gasteiger partial charge in [0.1, 0.15) is 18.1 Å². The van der Waals surface area contributed by atoms with Gasteiger partial charge in [-0.25, -0.2) is 0 Å². The van der Waals surface area contributed by atoms with E-state index in [1.807, 2.05) is 6.92 Å². The molecule has 2 saturated heterocycles. The van der Waals surface area contributed by atoms with Gasteiger partial charge in [0.15, 0.2) is 11.5 Å². The topological polar surface area (TPSA) is 97.8 Å². The van der Waals surface area contributed by atoms with E-state index < -0.39 is 17.7 Å². The van der Waals surface area contributed by atoms with E-state index in [2.05, 4.69) is 11.5 Å². The summed E-state index contributed by atoms with van der Waals surface area (Å²) >= 11 is 0. The molecule has 0 radical (unpaired) electrons. The van der Waals surface area contributed by atoms with E-state index in [4.69, 9.17) is 18.9 Å². The first-order chi connectivity index (χ1) is 19.5. The standard InChI is InChI=1S/C31H38N2O7/c1-4-17-39-24-10-7-22(8-11-24)29(34)27-28(23-9-12-25(40-18-5-2)26(21-23)37-3)33(31(36)30(27)35)14-6-13-32-15-19-38-20-16-32/h5,7-12,21,28,34H,2,4,6,13-20H2,1,3H3.